The van der Waals surface area contributed by atoms with Crippen molar-refractivity contribution in [2.75, 3.05) is 6.61 Å². The van der Waals surface area contributed by atoms with Crippen LogP contribution in [0.5, 0.6) is 0 Å². The zero-order valence-corrected chi connectivity index (χ0v) is 12.4. The summed E-state index contributed by atoms with van der Waals surface area (Å²) >= 11 is 0. The fourth-order valence-electron chi connectivity index (χ4n) is 4.72. The van der Waals surface area contributed by atoms with Gasteiger partial charge in [-0.15, -0.1) is 0 Å². The first kappa shape index (κ1) is 13.9. The third-order valence-electron chi connectivity index (χ3n) is 5.12. The van der Waals surface area contributed by atoms with Gasteiger partial charge in [0.2, 0.25) is 0 Å². The summed E-state index contributed by atoms with van der Waals surface area (Å²) in [5, 5.41) is 0. The zero-order valence-electron chi connectivity index (χ0n) is 12.4. The number of rotatable bonds is 4. The van der Waals surface area contributed by atoms with Gasteiger partial charge in [-0.2, -0.15) is 0 Å². The van der Waals surface area contributed by atoms with Crippen LogP contribution in [-0.2, 0) is 19.1 Å². The highest BCUT2D eigenvalue weighted by atomic mass is 16.6. The van der Waals surface area contributed by atoms with Gasteiger partial charge in [0.1, 0.15) is 5.60 Å². The topological polar surface area (TPSA) is 52.6 Å². The third kappa shape index (κ3) is 2.70. The first-order chi connectivity index (χ1) is 9.46. The molecule has 4 aliphatic carbocycles. The average Bonchev–Trinajstić information content (AvgIpc) is 2.33. The van der Waals surface area contributed by atoms with Crippen LogP contribution in [0.15, 0.2) is 0 Å². The van der Waals surface area contributed by atoms with E-state index >= 15 is 0 Å². The first-order valence-electron chi connectivity index (χ1n) is 7.84. The summed E-state index contributed by atoms with van der Waals surface area (Å²) in [5.74, 6) is 1.31. The number of carbonyl (C=O) groups excluding carboxylic acids is 2. The smallest absolute Gasteiger partial charge is 0.344 e. The molecule has 0 amide bonds. The second-order valence-electron chi connectivity index (χ2n) is 7.34. The van der Waals surface area contributed by atoms with Crippen LogP contribution in [0.4, 0.5) is 0 Å². The van der Waals surface area contributed by atoms with Crippen LogP contribution < -0.4 is 0 Å². The van der Waals surface area contributed by atoms with Gasteiger partial charge >= 0.3 is 11.9 Å². The summed E-state index contributed by atoms with van der Waals surface area (Å²) in [5.41, 5.74) is -0.240. The van der Waals surface area contributed by atoms with E-state index in [2.05, 4.69) is 0 Å². The van der Waals surface area contributed by atoms with E-state index in [1.165, 1.54) is 19.3 Å². The minimum absolute atomic E-state index is 0.206. The molecule has 20 heavy (non-hydrogen) atoms. The van der Waals surface area contributed by atoms with E-state index in [1.54, 1.807) is 13.8 Å². The Morgan fingerprint density at radius 1 is 1.05 bits per heavy atom. The van der Waals surface area contributed by atoms with Crippen LogP contribution in [0.1, 0.15) is 52.4 Å². The maximum Gasteiger partial charge on any atom is 0.344 e. The summed E-state index contributed by atoms with van der Waals surface area (Å²) in [6, 6.07) is 0. The van der Waals surface area contributed by atoms with Gasteiger partial charge < -0.3 is 9.47 Å². The van der Waals surface area contributed by atoms with Gasteiger partial charge in [-0.05, 0) is 56.3 Å². The molecule has 4 saturated carbocycles. The molecule has 4 bridgehead atoms. The maximum atomic E-state index is 12.0. The van der Waals surface area contributed by atoms with E-state index in [0.717, 1.165) is 37.0 Å². The number of ether oxygens (including phenoxy) is 2. The lowest BCUT2D eigenvalue weighted by molar-refractivity contribution is -0.192. The SMILES string of the molecule is CC(C)C(=O)OCC(=O)OC12CC3CC(CC(C3)C1)C2. The quantitative estimate of drug-likeness (QED) is 0.743. The number of esters is 2. The van der Waals surface area contributed by atoms with Gasteiger partial charge in [0.05, 0.1) is 5.92 Å². The monoisotopic (exact) mass is 280 g/mol. The Hall–Kier alpha value is -1.06. The Labute approximate surface area is 120 Å². The molecule has 4 fully saturated rings. The van der Waals surface area contributed by atoms with Crippen molar-refractivity contribution >= 4 is 11.9 Å². The molecule has 0 saturated heterocycles. The summed E-state index contributed by atoms with van der Waals surface area (Å²) in [7, 11) is 0. The predicted octanol–water partition coefficient (Wildman–Crippen LogP) is 2.70. The van der Waals surface area contributed by atoms with Gasteiger partial charge in [0, 0.05) is 0 Å². The van der Waals surface area contributed by atoms with Crippen LogP contribution >= 0.6 is 0 Å². The molecule has 0 heterocycles. The fraction of sp³-hybridized carbons (Fsp3) is 0.875. The van der Waals surface area contributed by atoms with E-state index in [1.807, 2.05) is 0 Å². The lowest BCUT2D eigenvalue weighted by Gasteiger charge is -2.55. The Bertz CT molecular complexity index is 377. The molecule has 112 valence electrons. The van der Waals surface area contributed by atoms with Crippen molar-refractivity contribution in [3.8, 4) is 0 Å². The van der Waals surface area contributed by atoms with E-state index in [0.29, 0.717) is 0 Å². The Kier molecular flexibility index (Phi) is 3.51. The molecule has 0 radical (unpaired) electrons. The van der Waals surface area contributed by atoms with E-state index < -0.39 is 0 Å². The summed E-state index contributed by atoms with van der Waals surface area (Å²) in [6.45, 7) is 3.28. The maximum absolute atomic E-state index is 12.0. The fourth-order valence-corrected chi connectivity index (χ4v) is 4.72. The molecule has 4 heteroatoms. The van der Waals surface area contributed by atoms with Crippen LogP contribution in [0.3, 0.4) is 0 Å². The van der Waals surface area contributed by atoms with Crippen molar-refractivity contribution in [2.24, 2.45) is 23.7 Å². The Balaban J connectivity index is 1.55. The molecule has 0 aromatic rings. The van der Waals surface area contributed by atoms with Crippen LogP contribution in [0.25, 0.3) is 0 Å². The minimum Gasteiger partial charge on any atom is -0.457 e. The van der Waals surface area contributed by atoms with Gasteiger partial charge in [-0.25, -0.2) is 4.79 Å². The van der Waals surface area contributed by atoms with Gasteiger partial charge in [-0.3, -0.25) is 4.79 Å². The molecule has 0 unspecified atom stereocenters. The largest absolute Gasteiger partial charge is 0.457 e. The average molecular weight is 280 g/mol. The van der Waals surface area contributed by atoms with E-state index in [-0.39, 0.29) is 30.1 Å². The summed E-state index contributed by atoms with van der Waals surface area (Å²) in [4.78, 5) is 23.3. The van der Waals surface area contributed by atoms with Crippen molar-refractivity contribution in [1.29, 1.82) is 0 Å². The highest BCUT2D eigenvalue weighted by molar-refractivity contribution is 5.77. The molecular formula is C16H24O4. The molecule has 4 rings (SSSR count). The van der Waals surface area contributed by atoms with Gasteiger partial charge in [-0.1, -0.05) is 13.8 Å². The standard InChI is InChI=1S/C16H24O4/c1-10(2)15(18)19-9-14(17)20-16-6-11-3-12(7-16)5-13(4-11)8-16/h10-13H,3-9H2,1-2H3. The Morgan fingerprint density at radius 2 is 1.55 bits per heavy atom. The molecule has 4 nitrogen and oxygen atoms in total. The lowest BCUT2D eigenvalue weighted by Crippen LogP contribution is -2.53. The molecule has 0 atom stereocenters. The zero-order chi connectivity index (χ0) is 14.3. The van der Waals surface area contributed by atoms with Gasteiger partial charge in [0.15, 0.2) is 6.61 Å². The number of hydrogen-bond donors (Lipinski definition) is 0. The van der Waals surface area contributed by atoms with Crippen molar-refractivity contribution < 1.29 is 19.1 Å². The number of carbonyl (C=O) groups is 2. The highest BCUT2D eigenvalue weighted by Gasteiger charge is 2.53. The van der Waals surface area contributed by atoms with Crippen LogP contribution in [0.2, 0.25) is 0 Å². The van der Waals surface area contributed by atoms with Gasteiger partial charge in [0.25, 0.3) is 0 Å². The van der Waals surface area contributed by atoms with Crippen LogP contribution in [0, 0.1) is 23.7 Å². The summed E-state index contributed by atoms with van der Waals surface area (Å²) < 4.78 is 10.7. The van der Waals surface area contributed by atoms with Crippen molar-refractivity contribution in [1.82, 2.24) is 0 Å². The minimum atomic E-state index is -0.374. The van der Waals surface area contributed by atoms with Crippen molar-refractivity contribution in [3.63, 3.8) is 0 Å². The second kappa shape index (κ2) is 5.05. The van der Waals surface area contributed by atoms with Crippen molar-refractivity contribution in [2.45, 2.75) is 58.0 Å². The molecular weight excluding hydrogens is 256 g/mol. The van der Waals surface area contributed by atoms with Crippen LogP contribution in [-0.4, -0.2) is 24.1 Å². The normalized spacial score (nSPS) is 38.0. The number of hydrogen-bond acceptors (Lipinski definition) is 4. The molecule has 0 aromatic heterocycles. The first-order valence-corrected chi connectivity index (χ1v) is 7.84. The van der Waals surface area contributed by atoms with Crippen molar-refractivity contribution in [3.05, 3.63) is 0 Å². The highest BCUT2D eigenvalue weighted by Crippen LogP contribution is 2.57. The third-order valence-corrected chi connectivity index (χ3v) is 5.12. The molecule has 0 spiro atoms. The predicted molar refractivity (Wildman–Crippen MR) is 72.8 cm³/mol. The Morgan fingerprint density at radius 3 is 2.00 bits per heavy atom. The molecule has 0 aromatic carbocycles. The lowest BCUT2D eigenvalue weighted by atomic mass is 9.54. The molecule has 4 aliphatic rings. The molecule has 0 aliphatic heterocycles. The second-order valence-corrected chi connectivity index (χ2v) is 7.34. The van der Waals surface area contributed by atoms with E-state index in [9.17, 15) is 9.59 Å². The molecule has 0 N–H and O–H groups in total. The van der Waals surface area contributed by atoms with E-state index in [4.69, 9.17) is 9.47 Å². The summed E-state index contributed by atoms with van der Waals surface area (Å²) in [6.07, 6.45) is 7.01.